The van der Waals surface area contributed by atoms with Gasteiger partial charge in [0.2, 0.25) is 0 Å². The van der Waals surface area contributed by atoms with E-state index in [1.807, 2.05) is 0 Å². The van der Waals surface area contributed by atoms with Crippen LogP contribution in [0.3, 0.4) is 0 Å². The molecule has 114 valence electrons. The maximum absolute atomic E-state index is 8.72. The van der Waals surface area contributed by atoms with Gasteiger partial charge in [0.15, 0.2) is 0 Å². The Kier molecular flexibility index (Phi) is 7.78. The lowest BCUT2D eigenvalue weighted by molar-refractivity contribution is 0.282. The molecule has 0 aromatic heterocycles. The number of nitrogens with zero attached hydrogens (tertiary/aromatic N) is 2. The van der Waals surface area contributed by atoms with Gasteiger partial charge in [-0.25, -0.2) is 0 Å². The minimum absolute atomic E-state index is 0. The number of aliphatic hydroxyl groups is 1. The van der Waals surface area contributed by atoms with Gasteiger partial charge in [0.05, 0.1) is 18.0 Å². The molecule has 0 bridgehead atoms. The number of unbranched alkanes of at least 4 members (excludes halogenated alkanes) is 5. The summed E-state index contributed by atoms with van der Waals surface area (Å²) in [5.41, 5.74) is 2.73. The number of anilines is 2. The Morgan fingerprint density at radius 1 is 0.950 bits per heavy atom. The van der Waals surface area contributed by atoms with Crippen LogP contribution in [-0.2, 0) is 0 Å². The first-order valence-electron chi connectivity index (χ1n) is 7.49. The van der Waals surface area contributed by atoms with Crippen LogP contribution in [0.2, 0.25) is 0 Å². The predicted molar refractivity (Wildman–Crippen MR) is 89.1 cm³/mol. The topological polar surface area (TPSA) is 26.7 Å². The van der Waals surface area contributed by atoms with E-state index < -0.39 is 0 Å². The number of aliphatic hydroxyl groups excluding tert-OH is 1. The van der Waals surface area contributed by atoms with E-state index >= 15 is 0 Å². The highest BCUT2D eigenvalue weighted by molar-refractivity contribution is 5.85. The average molecular weight is 299 g/mol. The zero-order valence-electron chi connectivity index (χ0n) is 12.4. The molecular formula is C16H27ClN2O. The summed E-state index contributed by atoms with van der Waals surface area (Å²) in [6.45, 7) is 2.52. The molecule has 0 spiro atoms. The monoisotopic (exact) mass is 298 g/mol. The maximum atomic E-state index is 8.72. The van der Waals surface area contributed by atoms with E-state index in [2.05, 4.69) is 41.1 Å². The van der Waals surface area contributed by atoms with Crippen LogP contribution in [-0.4, -0.2) is 32.0 Å². The Hall–Kier alpha value is -0.930. The molecule has 1 aromatic rings. The Balaban J connectivity index is 0.00000200. The lowest BCUT2D eigenvalue weighted by Crippen LogP contribution is -2.28. The molecule has 0 aliphatic carbocycles. The normalized spacial score (nSPS) is 13.3. The van der Waals surface area contributed by atoms with Crippen molar-refractivity contribution in [2.75, 3.05) is 36.7 Å². The first-order chi connectivity index (χ1) is 9.33. The van der Waals surface area contributed by atoms with Crippen molar-refractivity contribution in [3.63, 3.8) is 0 Å². The molecule has 0 saturated carbocycles. The Labute approximate surface area is 129 Å². The third-order valence-electron chi connectivity index (χ3n) is 3.85. The zero-order valence-corrected chi connectivity index (χ0v) is 13.2. The van der Waals surface area contributed by atoms with Crippen LogP contribution in [0, 0.1) is 0 Å². The highest BCUT2D eigenvalue weighted by Gasteiger charge is 2.21. The lowest BCUT2D eigenvalue weighted by atomic mass is 10.1. The van der Waals surface area contributed by atoms with E-state index in [4.69, 9.17) is 5.11 Å². The molecular weight excluding hydrogens is 272 g/mol. The summed E-state index contributed by atoms with van der Waals surface area (Å²) in [6.07, 6.45) is 7.26. The smallest absolute Gasteiger partial charge is 0.0901 e. The molecule has 3 nitrogen and oxygen atoms in total. The molecule has 20 heavy (non-hydrogen) atoms. The van der Waals surface area contributed by atoms with Gasteiger partial charge < -0.3 is 14.9 Å². The minimum Gasteiger partial charge on any atom is -0.396 e. The van der Waals surface area contributed by atoms with Gasteiger partial charge in [0, 0.05) is 20.2 Å². The standard InChI is InChI=1S/C16H26N2O.ClH/c1-17-14-18(16-11-7-6-10-15(16)17)12-8-4-2-3-5-9-13-19;/h6-7,10-11,19H,2-5,8-9,12-14H2,1H3;1H. The van der Waals surface area contributed by atoms with Crippen molar-refractivity contribution in [1.29, 1.82) is 0 Å². The maximum Gasteiger partial charge on any atom is 0.0901 e. The largest absolute Gasteiger partial charge is 0.396 e. The summed E-state index contributed by atoms with van der Waals surface area (Å²) in [5.74, 6) is 0. The van der Waals surface area contributed by atoms with Crippen LogP contribution in [0.1, 0.15) is 38.5 Å². The SMILES string of the molecule is CN1CN(CCCCCCCCO)c2ccccc21.Cl. The molecule has 1 aliphatic heterocycles. The Bertz CT molecular complexity index is 386. The fourth-order valence-corrected chi connectivity index (χ4v) is 2.78. The van der Waals surface area contributed by atoms with Gasteiger partial charge in [0.1, 0.15) is 0 Å². The third kappa shape index (κ3) is 4.57. The van der Waals surface area contributed by atoms with Crippen LogP contribution in [0.4, 0.5) is 11.4 Å². The fourth-order valence-electron chi connectivity index (χ4n) is 2.78. The number of rotatable bonds is 8. The van der Waals surface area contributed by atoms with Crippen LogP contribution in [0.5, 0.6) is 0 Å². The first kappa shape index (κ1) is 17.1. The summed E-state index contributed by atoms with van der Waals surface area (Å²) >= 11 is 0. The first-order valence-corrected chi connectivity index (χ1v) is 7.49. The molecule has 0 saturated heterocycles. The van der Waals surface area contributed by atoms with Crippen molar-refractivity contribution < 1.29 is 5.11 Å². The highest BCUT2D eigenvalue weighted by atomic mass is 35.5. The van der Waals surface area contributed by atoms with Gasteiger partial charge in [-0.3, -0.25) is 0 Å². The summed E-state index contributed by atoms with van der Waals surface area (Å²) in [4.78, 5) is 4.79. The van der Waals surface area contributed by atoms with Gasteiger partial charge in [-0.1, -0.05) is 37.8 Å². The number of hydrogen-bond acceptors (Lipinski definition) is 3. The predicted octanol–water partition coefficient (Wildman–Crippen LogP) is 3.66. The second-order valence-corrected chi connectivity index (χ2v) is 5.44. The molecule has 2 rings (SSSR count). The van der Waals surface area contributed by atoms with Crippen molar-refractivity contribution in [3.8, 4) is 0 Å². The molecule has 1 heterocycles. The van der Waals surface area contributed by atoms with Crippen molar-refractivity contribution in [2.45, 2.75) is 38.5 Å². The molecule has 0 unspecified atom stereocenters. The summed E-state index contributed by atoms with van der Waals surface area (Å²) in [6, 6.07) is 8.66. The van der Waals surface area contributed by atoms with E-state index in [-0.39, 0.29) is 12.4 Å². The van der Waals surface area contributed by atoms with Gasteiger partial charge in [-0.2, -0.15) is 0 Å². The fraction of sp³-hybridized carbons (Fsp3) is 0.625. The molecule has 1 N–H and O–H groups in total. The van der Waals surface area contributed by atoms with Crippen LogP contribution >= 0.6 is 12.4 Å². The lowest BCUT2D eigenvalue weighted by Gasteiger charge is -2.19. The third-order valence-corrected chi connectivity index (χ3v) is 3.85. The Morgan fingerprint density at radius 3 is 2.25 bits per heavy atom. The van der Waals surface area contributed by atoms with Crippen molar-refractivity contribution in [2.24, 2.45) is 0 Å². The van der Waals surface area contributed by atoms with Crippen molar-refractivity contribution in [1.82, 2.24) is 0 Å². The van der Waals surface area contributed by atoms with Crippen molar-refractivity contribution >= 4 is 23.8 Å². The Morgan fingerprint density at radius 2 is 1.55 bits per heavy atom. The van der Waals surface area contributed by atoms with Gasteiger partial charge in [0.25, 0.3) is 0 Å². The number of benzene rings is 1. The van der Waals surface area contributed by atoms with E-state index in [1.165, 1.54) is 43.5 Å². The van der Waals surface area contributed by atoms with E-state index in [0.717, 1.165) is 19.6 Å². The van der Waals surface area contributed by atoms with Crippen LogP contribution < -0.4 is 9.80 Å². The molecule has 0 amide bonds. The van der Waals surface area contributed by atoms with E-state index in [0.29, 0.717) is 6.61 Å². The highest BCUT2D eigenvalue weighted by Crippen LogP contribution is 2.34. The summed E-state index contributed by atoms with van der Waals surface area (Å²) in [5, 5.41) is 8.72. The quantitative estimate of drug-likeness (QED) is 0.742. The number of fused-ring (bicyclic) bond motifs is 1. The molecule has 4 heteroatoms. The van der Waals surface area contributed by atoms with Gasteiger partial charge >= 0.3 is 0 Å². The van der Waals surface area contributed by atoms with E-state index in [9.17, 15) is 0 Å². The van der Waals surface area contributed by atoms with Crippen molar-refractivity contribution in [3.05, 3.63) is 24.3 Å². The average Bonchev–Trinajstić information content (AvgIpc) is 2.75. The molecule has 1 aliphatic rings. The molecule has 0 fully saturated rings. The molecule has 0 radical (unpaired) electrons. The number of halogens is 1. The number of para-hydroxylation sites is 2. The number of hydrogen-bond donors (Lipinski definition) is 1. The minimum atomic E-state index is 0. The van der Waals surface area contributed by atoms with Gasteiger partial charge in [-0.05, 0) is 25.0 Å². The van der Waals surface area contributed by atoms with Gasteiger partial charge in [-0.15, -0.1) is 12.4 Å². The second-order valence-electron chi connectivity index (χ2n) is 5.44. The second kappa shape index (κ2) is 9.09. The zero-order chi connectivity index (χ0) is 13.5. The van der Waals surface area contributed by atoms with E-state index in [1.54, 1.807) is 0 Å². The summed E-state index contributed by atoms with van der Waals surface area (Å²) < 4.78 is 0. The molecule has 1 aromatic carbocycles. The summed E-state index contributed by atoms with van der Waals surface area (Å²) in [7, 11) is 2.16. The van der Waals surface area contributed by atoms with Crippen LogP contribution in [0.25, 0.3) is 0 Å². The van der Waals surface area contributed by atoms with Crippen LogP contribution in [0.15, 0.2) is 24.3 Å². The molecule has 0 atom stereocenters.